The van der Waals surface area contributed by atoms with Crippen LogP contribution in [0.4, 0.5) is 0 Å². The standard InChI is InChI=1S/C20H31BO3/c1-18(2)13-16(21-23-19(3,4)20(5,6)24-21)15(12-17(18)22)14-10-8-7-9-11-14/h7-11,15-17,22H,12-13H2,1-6H3/t15-,16-,17-/m0/s1. The van der Waals surface area contributed by atoms with Gasteiger partial charge in [-0.2, -0.15) is 0 Å². The van der Waals surface area contributed by atoms with E-state index in [-0.39, 0.29) is 41.6 Å². The van der Waals surface area contributed by atoms with Crippen molar-refractivity contribution in [1.29, 1.82) is 0 Å². The lowest BCUT2D eigenvalue weighted by molar-refractivity contribution is 0.000783. The Labute approximate surface area is 146 Å². The molecule has 0 aromatic heterocycles. The van der Waals surface area contributed by atoms with Crippen molar-refractivity contribution in [2.24, 2.45) is 5.41 Å². The van der Waals surface area contributed by atoms with E-state index >= 15 is 0 Å². The van der Waals surface area contributed by atoms with Crippen LogP contribution in [0.25, 0.3) is 0 Å². The average Bonchev–Trinajstić information content (AvgIpc) is 2.71. The van der Waals surface area contributed by atoms with Crippen LogP contribution in [0.15, 0.2) is 30.3 Å². The van der Waals surface area contributed by atoms with Gasteiger partial charge in [0.05, 0.1) is 17.3 Å². The summed E-state index contributed by atoms with van der Waals surface area (Å²) >= 11 is 0. The van der Waals surface area contributed by atoms with Gasteiger partial charge in [0.25, 0.3) is 0 Å². The summed E-state index contributed by atoms with van der Waals surface area (Å²) < 4.78 is 12.8. The normalized spacial score (nSPS) is 34.3. The number of aliphatic hydroxyl groups excluding tert-OH is 1. The molecule has 3 rings (SSSR count). The zero-order valence-corrected chi connectivity index (χ0v) is 15.9. The maximum absolute atomic E-state index is 10.7. The fraction of sp³-hybridized carbons (Fsp3) is 0.700. The first-order chi connectivity index (χ1) is 11.0. The summed E-state index contributed by atoms with van der Waals surface area (Å²) in [5, 5.41) is 10.7. The molecule has 24 heavy (non-hydrogen) atoms. The summed E-state index contributed by atoms with van der Waals surface area (Å²) in [7, 11) is -0.230. The highest BCUT2D eigenvalue weighted by Gasteiger charge is 2.57. The molecule has 1 aromatic carbocycles. The number of benzene rings is 1. The maximum atomic E-state index is 10.7. The number of hydrogen-bond acceptors (Lipinski definition) is 3. The van der Waals surface area contributed by atoms with Crippen LogP contribution in [0.1, 0.15) is 65.9 Å². The monoisotopic (exact) mass is 330 g/mol. The lowest BCUT2D eigenvalue weighted by atomic mass is 9.52. The number of rotatable bonds is 2. The van der Waals surface area contributed by atoms with Gasteiger partial charge in [-0.05, 0) is 57.4 Å². The molecule has 2 fully saturated rings. The van der Waals surface area contributed by atoms with E-state index in [4.69, 9.17) is 9.31 Å². The Morgan fingerprint density at radius 2 is 1.50 bits per heavy atom. The van der Waals surface area contributed by atoms with E-state index < -0.39 is 0 Å². The van der Waals surface area contributed by atoms with E-state index in [1.165, 1.54) is 5.56 Å². The first-order valence-corrected chi connectivity index (χ1v) is 9.12. The van der Waals surface area contributed by atoms with Crippen LogP contribution >= 0.6 is 0 Å². The lowest BCUT2D eigenvalue weighted by Gasteiger charge is -2.45. The molecule has 3 atom stereocenters. The van der Waals surface area contributed by atoms with Gasteiger partial charge in [-0.1, -0.05) is 44.2 Å². The Bertz CT molecular complexity index is 566. The predicted molar refractivity (Wildman–Crippen MR) is 98.0 cm³/mol. The molecule has 0 bridgehead atoms. The molecule has 1 N–H and O–H groups in total. The minimum absolute atomic E-state index is 0.125. The van der Waals surface area contributed by atoms with E-state index in [0.29, 0.717) is 0 Å². The molecule has 1 saturated heterocycles. The highest BCUT2D eigenvalue weighted by atomic mass is 16.7. The Morgan fingerprint density at radius 1 is 0.958 bits per heavy atom. The second-order valence-electron chi connectivity index (χ2n) is 9.25. The van der Waals surface area contributed by atoms with Gasteiger partial charge in [-0.15, -0.1) is 0 Å². The molecule has 132 valence electrons. The van der Waals surface area contributed by atoms with Crippen molar-refractivity contribution in [3.63, 3.8) is 0 Å². The largest absolute Gasteiger partial charge is 0.461 e. The van der Waals surface area contributed by atoms with Crippen LogP contribution in [0.5, 0.6) is 0 Å². The van der Waals surface area contributed by atoms with Crippen LogP contribution in [-0.2, 0) is 9.31 Å². The van der Waals surface area contributed by atoms with Crippen LogP contribution in [-0.4, -0.2) is 29.5 Å². The van der Waals surface area contributed by atoms with E-state index in [1.54, 1.807) is 0 Å². The Kier molecular flexibility index (Phi) is 4.39. The first kappa shape index (κ1) is 18.0. The van der Waals surface area contributed by atoms with Gasteiger partial charge in [0, 0.05) is 5.82 Å². The average molecular weight is 330 g/mol. The Balaban J connectivity index is 1.93. The van der Waals surface area contributed by atoms with Crippen LogP contribution < -0.4 is 0 Å². The van der Waals surface area contributed by atoms with Crippen molar-refractivity contribution < 1.29 is 14.4 Å². The second-order valence-corrected chi connectivity index (χ2v) is 9.25. The van der Waals surface area contributed by atoms with Crippen LogP contribution in [0.3, 0.4) is 0 Å². The van der Waals surface area contributed by atoms with Gasteiger partial charge in [0.1, 0.15) is 0 Å². The lowest BCUT2D eigenvalue weighted by Crippen LogP contribution is -2.43. The van der Waals surface area contributed by atoms with E-state index in [1.807, 2.05) is 6.07 Å². The van der Waals surface area contributed by atoms with E-state index in [9.17, 15) is 5.11 Å². The third-order valence-corrected chi connectivity index (χ3v) is 6.51. The van der Waals surface area contributed by atoms with Gasteiger partial charge in [-0.3, -0.25) is 0 Å². The van der Waals surface area contributed by atoms with E-state index in [0.717, 1.165) is 12.8 Å². The van der Waals surface area contributed by atoms with Gasteiger partial charge >= 0.3 is 7.12 Å². The van der Waals surface area contributed by atoms with Gasteiger partial charge in [-0.25, -0.2) is 0 Å². The summed E-state index contributed by atoms with van der Waals surface area (Å²) in [5.74, 6) is 0.496. The van der Waals surface area contributed by atoms with Gasteiger partial charge < -0.3 is 14.4 Å². The molecule has 0 spiro atoms. The van der Waals surface area contributed by atoms with Crippen LogP contribution in [0, 0.1) is 5.41 Å². The topological polar surface area (TPSA) is 38.7 Å². The van der Waals surface area contributed by atoms with Gasteiger partial charge in [0.2, 0.25) is 0 Å². The molecule has 2 aliphatic rings. The molecule has 0 amide bonds. The molecule has 1 saturated carbocycles. The number of hydrogen-bond donors (Lipinski definition) is 1. The third-order valence-electron chi connectivity index (χ3n) is 6.51. The quantitative estimate of drug-likeness (QED) is 0.816. The Morgan fingerprint density at radius 3 is 2.04 bits per heavy atom. The summed E-state index contributed by atoms with van der Waals surface area (Å²) in [5.41, 5.74) is 0.504. The van der Waals surface area contributed by atoms with Crippen molar-refractivity contribution in [2.45, 2.75) is 83.4 Å². The highest BCUT2D eigenvalue weighted by molar-refractivity contribution is 6.47. The SMILES string of the molecule is CC1(C)C[C@H](B2OC(C)(C)C(C)(C)O2)[C@H](c2ccccc2)C[C@@H]1O. The van der Waals surface area contributed by atoms with Crippen molar-refractivity contribution >= 4 is 7.12 Å². The van der Waals surface area contributed by atoms with Gasteiger partial charge in [0.15, 0.2) is 0 Å². The Hall–Kier alpha value is -0.835. The molecule has 1 aliphatic heterocycles. The molecule has 1 heterocycles. The summed E-state index contributed by atoms with van der Waals surface area (Å²) in [6, 6.07) is 10.5. The molecule has 4 heteroatoms. The minimum Gasteiger partial charge on any atom is -0.403 e. The molecule has 0 unspecified atom stereocenters. The molecule has 1 aliphatic carbocycles. The summed E-state index contributed by atoms with van der Waals surface area (Å²) in [6.45, 7) is 12.7. The smallest absolute Gasteiger partial charge is 0.403 e. The van der Waals surface area contributed by atoms with Crippen molar-refractivity contribution in [3.8, 4) is 0 Å². The predicted octanol–water partition coefficient (Wildman–Crippen LogP) is 4.41. The zero-order chi connectivity index (χ0) is 17.8. The first-order valence-electron chi connectivity index (χ1n) is 9.12. The van der Waals surface area contributed by atoms with Crippen molar-refractivity contribution in [3.05, 3.63) is 35.9 Å². The van der Waals surface area contributed by atoms with E-state index in [2.05, 4.69) is 65.8 Å². The fourth-order valence-electron chi connectivity index (χ4n) is 4.05. The second kappa shape index (κ2) is 5.86. The zero-order valence-electron chi connectivity index (χ0n) is 15.9. The molecule has 0 radical (unpaired) electrons. The van der Waals surface area contributed by atoms with Crippen molar-refractivity contribution in [2.75, 3.05) is 0 Å². The molecule has 3 nitrogen and oxygen atoms in total. The maximum Gasteiger partial charge on any atom is 0.461 e. The summed E-state index contributed by atoms with van der Waals surface area (Å²) in [6.07, 6.45) is 1.34. The minimum atomic E-state index is -0.320. The third kappa shape index (κ3) is 3.04. The molecular weight excluding hydrogens is 299 g/mol. The van der Waals surface area contributed by atoms with Crippen molar-refractivity contribution in [1.82, 2.24) is 0 Å². The summed E-state index contributed by atoms with van der Waals surface area (Å²) in [4.78, 5) is 0. The van der Waals surface area contributed by atoms with Crippen LogP contribution in [0.2, 0.25) is 5.82 Å². The fourth-order valence-corrected chi connectivity index (χ4v) is 4.05. The highest BCUT2D eigenvalue weighted by Crippen LogP contribution is 2.54. The number of aliphatic hydroxyl groups is 1. The molecular formula is C20H31BO3. The molecule has 1 aromatic rings.